The van der Waals surface area contributed by atoms with E-state index in [0.29, 0.717) is 11.3 Å². The topological polar surface area (TPSA) is 105 Å². The molecule has 1 aromatic carbocycles. The SMILES string of the molecule is NCC(=O)NCC(=O)Nc1ccc(C(=O)N2CCCCC2)c(Cl)c1. The van der Waals surface area contributed by atoms with Gasteiger partial charge in [0, 0.05) is 18.8 Å². The molecule has 3 amide bonds. The predicted octanol–water partition coefficient (Wildman–Crippen LogP) is 0.979. The molecule has 0 radical (unpaired) electrons. The molecule has 0 atom stereocenters. The number of nitrogens with one attached hydrogen (secondary N) is 2. The number of carbonyl (C=O) groups is 3. The molecule has 2 rings (SSSR count). The maximum Gasteiger partial charge on any atom is 0.255 e. The highest BCUT2D eigenvalue weighted by atomic mass is 35.5. The Hall–Kier alpha value is -2.12. The lowest BCUT2D eigenvalue weighted by Gasteiger charge is -2.27. The molecule has 0 unspecified atom stereocenters. The highest BCUT2D eigenvalue weighted by Gasteiger charge is 2.20. The molecule has 0 saturated carbocycles. The van der Waals surface area contributed by atoms with Gasteiger partial charge in [-0.25, -0.2) is 0 Å². The molecule has 1 heterocycles. The van der Waals surface area contributed by atoms with Gasteiger partial charge in [0.2, 0.25) is 11.8 Å². The van der Waals surface area contributed by atoms with Gasteiger partial charge in [-0.2, -0.15) is 0 Å². The predicted molar refractivity (Wildman–Crippen MR) is 91.9 cm³/mol. The maximum atomic E-state index is 12.5. The third-order valence-corrected chi connectivity index (χ3v) is 4.07. The second-order valence-electron chi connectivity index (χ2n) is 5.58. The molecule has 1 aromatic rings. The monoisotopic (exact) mass is 352 g/mol. The van der Waals surface area contributed by atoms with Gasteiger partial charge >= 0.3 is 0 Å². The Morgan fingerprint density at radius 3 is 2.46 bits per heavy atom. The molecule has 0 spiro atoms. The van der Waals surface area contributed by atoms with E-state index < -0.39 is 11.8 Å². The zero-order chi connectivity index (χ0) is 17.5. The van der Waals surface area contributed by atoms with E-state index in [1.807, 2.05) is 0 Å². The van der Waals surface area contributed by atoms with E-state index >= 15 is 0 Å². The number of hydrogen-bond acceptors (Lipinski definition) is 4. The van der Waals surface area contributed by atoms with Crippen LogP contribution in [0.1, 0.15) is 29.6 Å². The van der Waals surface area contributed by atoms with E-state index in [1.165, 1.54) is 6.07 Å². The van der Waals surface area contributed by atoms with Gasteiger partial charge in [-0.15, -0.1) is 0 Å². The van der Waals surface area contributed by atoms with E-state index in [9.17, 15) is 14.4 Å². The van der Waals surface area contributed by atoms with Crippen molar-refractivity contribution in [2.24, 2.45) is 5.73 Å². The summed E-state index contributed by atoms with van der Waals surface area (Å²) < 4.78 is 0. The molecule has 1 fully saturated rings. The Bertz CT molecular complexity index is 630. The second-order valence-corrected chi connectivity index (χ2v) is 5.98. The quantitative estimate of drug-likeness (QED) is 0.734. The van der Waals surface area contributed by atoms with Gasteiger partial charge in [0.15, 0.2) is 0 Å². The number of nitrogens with zero attached hydrogens (tertiary/aromatic N) is 1. The first-order valence-electron chi connectivity index (χ1n) is 7.86. The van der Waals surface area contributed by atoms with Crippen LogP contribution in [0.25, 0.3) is 0 Å². The maximum absolute atomic E-state index is 12.5. The molecule has 4 N–H and O–H groups in total. The molecule has 8 heteroatoms. The average molecular weight is 353 g/mol. The fourth-order valence-corrected chi connectivity index (χ4v) is 2.75. The lowest BCUT2D eigenvalue weighted by atomic mass is 10.1. The van der Waals surface area contributed by atoms with E-state index in [2.05, 4.69) is 10.6 Å². The van der Waals surface area contributed by atoms with Crippen molar-refractivity contribution in [3.05, 3.63) is 28.8 Å². The molecule has 24 heavy (non-hydrogen) atoms. The first kappa shape index (κ1) is 18.2. The number of benzene rings is 1. The van der Waals surface area contributed by atoms with Crippen LogP contribution in [0, 0.1) is 0 Å². The zero-order valence-corrected chi connectivity index (χ0v) is 14.1. The van der Waals surface area contributed by atoms with Crippen LogP contribution < -0.4 is 16.4 Å². The fraction of sp³-hybridized carbons (Fsp3) is 0.438. The summed E-state index contributed by atoms with van der Waals surface area (Å²) in [5.74, 6) is -0.901. The fourth-order valence-electron chi connectivity index (χ4n) is 2.49. The number of amides is 3. The minimum atomic E-state index is -0.411. The number of nitrogens with two attached hydrogens (primary N) is 1. The van der Waals surface area contributed by atoms with Gasteiger partial charge < -0.3 is 21.3 Å². The summed E-state index contributed by atoms with van der Waals surface area (Å²) in [6.07, 6.45) is 3.15. The van der Waals surface area contributed by atoms with Crippen molar-refractivity contribution in [2.75, 3.05) is 31.5 Å². The molecule has 1 aliphatic heterocycles. The lowest BCUT2D eigenvalue weighted by molar-refractivity contribution is -0.123. The molecule has 0 bridgehead atoms. The first-order valence-corrected chi connectivity index (χ1v) is 8.24. The zero-order valence-electron chi connectivity index (χ0n) is 13.3. The summed E-state index contributed by atoms with van der Waals surface area (Å²) in [5.41, 5.74) is 6.02. The number of rotatable bonds is 5. The molecule has 0 aliphatic carbocycles. The first-order chi connectivity index (χ1) is 11.5. The van der Waals surface area contributed by atoms with Gasteiger partial charge in [-0.3, -0.25) is 14.4 Å². The summed E-state index contributed by atoms with van der Waals surface area (Å²) in [7, 11) is 0. The molecule has 7 nitrogen and oxygen atoms in total. The van der Waals surface area contributed by atoms with Crippen LogP contribution in [-0.4, -0.2) is 48.8 Å². The van der Waals surface area contributed by atoms with Crippen LogP contribution in [0.15, 0.2) is 18.2 Å². The number of piperidine rings is 1. The van der Waals surface area contributed by atoms with Crippen LogP contribution in [0.5, 0.6) is 0 Å². The third-order valence-electron chi connectivity index (χ3n) is 3.76. The summed E-state index contributed by atoms with van der Waals surface area (Å²) in [6.45, 7) is 1.14. The van der Waals surface area contributed by atoms with Crippen LogP contribution in [-0.2, 0) is 9.59 Å². The van der Waals surface area contributed by atoms with Crippen LogP contribution in [0.3, 0.4) is 0 Å². The van der Waals surface area contributed by atoms with Gasteiger partial charge in [0.1, 0.15) is 0 Å². The number of halogens is 1. The van der Waals surface area contributed by atoms with Crippen molar-refractivity contribution in [3.8, 4) is 0 Å². The average Bonchev–Trinajstić information content (AvgIpc) is 2.60. The van der Waals surface area contributed by atoms with E-state index in [-0.39, 0.29) is 24.0 Å². The van der Waals surface area contributed by atoms with Crippen molar-refractivity contribution in [1.29, 1.82) is 0 Å². The smallest absolute Gasteiger partial charge is 0.255 e. The number of likely N-dealkylation sites (tertiary alicyclic amines) is 1. The lowest BCUT2D eigenvalue weighted by Crippen LogP contribution is -2.36. The Labute approximate surface area is 145 Å². The highest BCUT2D eigenvalue weighted by molar-refractivity contribution is 6.34. The van der Waals surface area contributed by atoms with Gasteiger partial charge in [-0.1, -0.05) is 11.6 Å². The van der Waals surface area contributed by atoms with Crippen LogP contribution in [0.2, 0.25) is 5.02 Å². The van der Waals surface area contributed by atoms with E-state index in [1.54, 1.807) is 17.0 Å². The molecule has 1 aliphatic rings. The standard InChI is InChI=1S/C16H21ClN4O3/c17-13-8-11(20-15(23)10-19-14(22)9-18)4-5-12(13)16(24)21-6-2-1-3-7-21/h4-5,8H,1-3,6-7,9-10,18H2,(H,19,22)(H,20,23). The van der Waals surface area contributed by atoms with Crippen molar-refractivity contribution >= 4 is 35.0 Å². The molecule has 130 valence electrons. The van der Waals surface area contributed by atoms with Crippen LogP contribution in [0.4, 0.5) is 5.69 Å². The summed E-state index contributed by atoms with van der Waals surface area (Å²) in [5, 5.41) is 5.26. The Morgan fingerprint density at radius 1 is 1.12 bits per heavy atom. The molecule has 1 saturated heterocycles. The number of carbonyl (C=O) groups excluding carboxylic acids is 3. The third kappa shape index (κ3) is 4.94. The Balaban J connectivity index is 1.97. The Kier molecular flexibility index (Phi) is 6.57. The summed E-state index contributed by atoms with van der Waals surface area (Å²) in [6, 6.07) is 4.75. The summed E-state index contributed by atoms with van der Waals surface area (Å²) >= 11 is 6.19. The minimum Gasteiger partial charge on any atom is -0.346 e. The van der Waals surface area contributed by atoms with Crippen LogP contribution >= 0.6 is 11.6 Å². The minimum absolute atomic E-state index is 0.0900. The highest BCUT2D eigenvalue weighted by Crippen LogP contribution is 2.23. The van der Waals surface area contributed by atoms with Crippen molar-refractivity contribution in [3.63, 3.8) is 0 Å². The second kappa shape index (κ2) is 8.65. The normalized spacial score (nSPS) is 14.2. The largest absolute Gasteiger partial charge is 0.346 e. The van der Waals surface area contributed by atoms with Gasteiger partial charge in [0.25, 0.3) is 5.91 Å². The van der Waals surface area contributed by atoms with E-state index in [4.69, 9.17) is 17.3 Å². The number of anilines is 1. The summed E-state index contributed by atoms with van der Waals surface area (Å²) in [4.78, 5) is 37.0. The van der Waals surface area contributed by atoms with Gasteiger partial charge in [0.05, 0.1) is 23.7 Å². The van der Waals surface area contributed by atoms with E-state index in [0.717, 1.165) is 32.4 Å². The molecular weight excluding hydrogens is 332 g/mol. The molecular formula is C16H21ClN4O3. The van der Waals surface area contributed by atoms with Crippen molar-refractivity contribution in [1.82, 2.24) is 10.2 Å². The Morgan fingerprint density at radius 2 is 1.83 bits per heavy atom. The van der Waals surface area contributed by atoms with Gasteiger partial charge in [-0.05, 0) is 37.5 Å². The molecule has 0 aromatic heterocycles. The number of hydrogen-bond donors (Lipinski definition) is 3. The van der Waals surface area contributed by atoms with Crippen molar-refractivity contribution in [2.45, 2.75) is 19.3 Å². The van der Waals surface area contributed by atoms with Crippen molar-refractivity contribution < 1.29 is 14.4 Å².